The number of guanidine groups is 2. The summed E-state index contributed by atoms with van der Waals surface area (Å²) in [4.78, 5) is 119. The second-order valence-electron chi connectivity index (χ2n) is 18.9. The average Bonchev–Trinajstić information content (AvgIpc) is 3.91. The van der Waals surface area contributed by atoms with Gasteiger partial charge in [-0.25, -0.2) is 0 Å². The van der Waals surface area contributed by atoms with Crippen LogP contribution in [0.1, 0.15) is 80.8 Å². The van der Waals surface area contributed by atoms with Crippen molar-refractivity contribution in [2.75, 3.05) is 31.5 Å². The van der Waals surface area contributed by atoms with Crippen molar-refractivity contribution in [3.63, 3.8) is 0 Å². The molecule has 1 fully saturated rings. The number of rotatable bonds is 27. The highest BCUT2D eigenvalue weighted by Crippen LogP contribution is 2.28. The van der Waals surface area contributed by atoms with Crippen molar-refractivity contribution in [2.45, 2.75) is 102 Å². The van der Waals surface area contributed by atoms with Crippen molar-refractivity contribution in [1.29, 1.82) is 0 Å². The zero-order chi connectivity index (χ0) is 55.9. The summed E-state index contributed by atoms with van der Waals surface area (Å²) in [5.74, 6) is -5.07. The zero-order valence-corrected chi connectivity index (χ0v) is 43.8. The van der Waals surface area contributed by atoms with Gasteiger partial charge in [-0.3, -0.25) is 48.3 Å². The van der Waals surface area contributed by atoms with E-state index in [-0.39, 0.29) is 88.0 Å². The van der Waals surface area contributed by atoms with E-state index in [9.17, 15) is 38.4 Å². The zero-order valence-electron chi connectivity index (χ0n) is 43.8. The molecule has 4 aromatic rings. The largest absolute Gasteiger partial charge is 0.370 e. The summed E-state index contributed by atoms with van der Waals surface area (Å²) < 4.78 is 0. The first kappa shape index (κ1) is 59.1. The van der Waals surface area contributed by atoms with Gasteiger partial charge in [-0.05, 0) is 84.9 Å². The van der Waals surface area contributed by atoms with E-state index in [0.717, 1.165) is 11.1 Å². The number of hydrogen-bond donors (Lipinski definition) is 11. The molecule has 22 nitrogen and oxygen atoms in total. The summed E-state index contributed by atoms with van der Waals surface area (Å²) in [6.07, 6.45) is 1.69. The first-order chi connectivity index (χ1) is 36.9. The third-order valence-electron chi connectivity index (χ3n) is 12.6. The Bertz CT molecular complexity index is 2720. The Hall–Kier alpha value is -8.82. The van der Waals surface area contributed by atoms with E-state index < -0.39 is 83.4 Å². The van der Waals surface area contributed by atoms with Gasteiger partial charge in [0.25, 0.3) is 5.91 Å². The molecule has 0 radical (unpaired) electrons. The topological polar surface area (TPSA) is 353 Å². The van der Waals surface area contributed by atoms with Crippen LogP contribution in [0.5, 0.6) is 0 Å². The predicted octanol–water partition coefficient (Wildman–Crippen LogP) is 1.29. The normalized spacial score (nSPS) is 14.3. The summed E-state index contributed by atoms with van der Waals surface area (Å²) in [6.45, 7) is 5.20. The fraction of sp³-hybridized carbons (Fsp3) is 0.382. The number of benzene rings is 4. The molecular weight excluding hydrogens is 985 g/mol. The second kappa shape index (κ2) is 29.9. The quantitative estimate of drug-likeness (QED) is 0.0229. The Morgan fingerprint density at radius 1 is 0.649 bits per heavy atom. The molecule has 5 rings (SSSR count). The second-order valence-corrected chi connectivity index (χ2v) is 18.9. The Balaban J connectivity index is 1.35. The first-order valence-corrected chi connectivity index (χ1v) is 25.6. The standard InChI is InChI=1S/C55H72N14O8/c1-34(2)47(52(76)67-44(30-36-16-7-4-8-17-36)49(73)63-32-37-18-9-5-10-19-37)68-48(72)40-26-25-39(31-41(40)38-20-11-6-12-21-38)64-50(74)42(22-13-27-60-54(56)57)66-51(75)45-24-15-29-69(45)53(77)43(23-14-28-61-55(58)59)65-46(71)33-62-35(3)70/h4-12,16-21,25-26,31,34,42-45,47H,13-15,22-24,27-30,32-33H2,1-3H3,(H,62,70)(H,63,73)(H,64,74)(H,65,71)(H,66,75)(H,67,76)(H,68,72)(H4,56,57,60)(H4,58,59,61). The maximum absolute atomic E-state index is 14.4. The lowest BCUT2D eigenvalue weighted by Crippen LogP contribution is -2.56. The Kier molecular flexibility index (Phi) is 22.9. The molecule has 0 bridgehead atoms. The van der Waals surface area contributed by atoms with Gasteiger partial charge in [0.1, 0.15) is 30.2 Å². The number of likely N-dealkylation sites (tertiary alicyclic amines) is 1. The highest BCUT2D eigenvalue weighted by atomic mass is 16.2. The van der Waals surface area contributed by atoms with Crippen LogP contribution in [0, 0.1) is 5.92 Å². The van der Waals surface area contributed by atoms with Crippen LogP contribution in [0.4, 0.5) is 5.69 Å². The smallest absolute Gasteiger partial charge is 0.252 e. The Morgan fingerprint density at radius 2 is 1.25 bits per heavy atom. The van der Waals surface area contributed by atoms with Crippen molar-refractivity contribution >= 4 is 64.9 Å². The highest BCUT2D eigenvalue weighted by molar-refractivity contribution is 6.05. The molecule has 410 valence electrons. The summed E-state index contributed by atoms with van der Waals surface area (Å²) >= 11 is 0. The van der Waals surface area contributed by atoms with Crippen LogP contribution in [-0.2, 0) is 46.5 Å². The van der Waals surface area contributed by atoms with Crippen LogP contribution < -0.4 is 60.2 Å². The number of carbonyl (C=O) groups excluding carboxylic acids is 8. The number of anilines is 1. The van der Waals surface area contributed by atoms with Gasteiger partial charge in [-0.15, -0.1) is 0 Å². The molecule has 1 aliphatic rings. The van der Waals surface area contributed by atoms with Crippen LogP contribution in [0.25, 0.3) is 11.1 Å². The first-order valence-electron chi connectivity index (χ1n) is 25.6. The van der Waals surface area contributed by atoms with Gasteiger partial charge in [-0.2, -0.15) is 0 Å². The molecule has 0 saturated carbocycles. The average molecular weight is 1060 g/mol. The predicted molar refractivity (Wildman–Crippen MR) is 294 cm³/mol. The van der Waals surface area contributed by atoms with Gasteiger partial charge in [0, 0.05) is 50.8 Å². The summed E-state index contributed by atoms with van der Waals surface area (Å²) in [5.41, 5.74) is 25.3. The third kappa shape index (κ3) is 19.1. The lowest BCUT2D eigenvalue weighted by Gasteiger charge is -2.30. The van der Waals surface area contributed by atoms with Crippen LogP contribution in [0.15, 0.2) is 119 Å². The molecule has 0 spiro atoms. The van der Waals surface area contributed by atoms with E-state index >= 15 is 0 Å². The fourth-order valence-corrected chi connectivity index (χ4v) is 8.64. The van der Waals surface area contributed by atoms with E-state index in [2.05, 4.69) is 47.2 Å². The van der Waals surface area contributed by atoms with Crippen LogP contribution >= 0.6 is 0 Å². The molecule has 8 amide bonds. The van der Waals surface area contributed by atoms with E-state index in [4.69, 9.17) is 22.9 Å². The number of nitrogens with zero attached hydrogens (tertiary/aromatic N) is 3. The fourth-order valence-electron chi connectivity index (χ4n) is 8.64. The van der Waals surface area contributed by atoms with E-state index in [1.807, 2.05) is 66.7 Å². The third-order valence-corrected chi connectivity index (χ3v) is 12.6. The number of nitrogens with two attached hydrogens (primary N) is 4. The Morgan fingerprint density at radius 3 is 1.84 bits per heavy atom. The maximum atomic E-state index is 14.4. The molecule has 1 aliphatic heterocycles. The molecule has 22 heteroatoms. The molecule has 1 saturated heterocycles. The van der Waals surface area contributed by atoms with Gasteiger partial charge in [-0.1, -0.05) is 105 Å². The van der Waals surface area contributed by atoms with Crippen LogP contribution in [0.2, 0.25) is 0 Å². The van der Waals surface area contributed by atoms with E-state index in [1.54, 1.807) is 44.2 Å². The van der Waals surface area contributed by atoms with Crippen LogP contribution in [0.3, 0.4) is 0 Å². The minimum atomic E-state index is -1.17. The van der Waals surface area contributed by atoms with Gasteiger partial charge in [0.15, 0.2) is 11.9 Å². The Labute approximate surface area is 448 Å². The van der Waals surface area contributed by atoms with Crippen molar-refractivity contribution < 1.29 is 38.4 Å². The number of amides is 8. The minimum Gasteiger partial charge on any atom is -0.370 e. The number of carbonyl (C=O) groups is 8. The van der Waals surface area contributed by atoms with Crippen molar-refractivity contribution in [2.24, 2.45) is 38.8 Å². The molecular formula is C55H72N14O8. The van der Waals surface area contributed by atoms with Gasteiger partial charge >= 0.3 is 0 Å². The lowest BCUT2D eigenvalue weighted by molar-refractivity contribution is -0.142. The van der Waals surface area contributed by atoms with Gasteiger partial charge in [0.2, 0.25) is 41.4 Å². The molecule has 77 heavy (non-hydrogen) atoms. The highest BCUT2D eigenvalue weighted by Gasteiger charge is 2.39. The number of aliphatic imine (C=N–C) groups is 2. The molecule has 0 aliphatic carbocycles. The van der Waals surface area contributed by atoms with Crippen molar-refractivity contribution in [3.05, 3.63) is 126 Å². The molecule has 15 N–H and O–H groups in total. The molecule has 0 aromatic heterocycles. The summed E-state index contributed by atoms with van der Waals surface area (Å²) in [6, 6.07) is 27.0. The lowest BCUT2D eigenvalue weighted by atomic mass is 9.96. The number of hydrogen-bond acceptors (Lipinski definition) is 10. The van der Waals surface area contributed by atoms with Crippen molar-refractivity contribution in [1.82, 2.24) is 36.8 Å². The van der Waals surface area contributed by atoms with Crippen LogP contribution in [-0.4, -0.2) is 120 Å². The minimum absolute atomic E-state index is 0.0766. The SMILES string of the molecule is CC(=O)NCC(=O)NC(CCCN=C(N)N)C(=O)N1CCCC1C(=O)NC(CCCN=C(N)N)C(=O)Nc1ccc(C(=O)NC(C(=O)NC(Cc2ccccc2)C(=O)NCc2ccccc2)C(C)C)c(-c2ccccc2)c1. The molecule has 5 atom stereocenters. The van der Waals surface area contributed by atoms with Crippen molar-refractivity contribution in [3.8, 4) is 11.1 Å². The van der Waals surface area contributed by atoms with E-state index in [1.165, 1.54) is 24.0 Å². The molecule has 4 aromatic carbocycles. The van der Waals surface area contributed by atoms with Gasteiger partial charge in [0.05, 0.1) is 6.54 Å². The molecule has 5 unspecified atom stereocenters. The maximum Gasteiger partial charge on any atom is 0.252 e. The summed E-state index contributed by atoms with van der Waals surface area (Å²) in [5, 5.41) is 19.5. The van der Waals surface area contributed by atoms with Gasteiger partial charge < -0.3 is 65.1 Å². The summed E-state index contributed by atoms with van der Waals surface area (Å²) in [7, 11) is 0. The number of nitrogens with one attached hydrogen (secondary N) is 7. The monoisotopic (exact) mass is 1060 g/mol. The van der Waals surface area contributed by atoms with E-state index in [0.29, 0.717) is 24.0 Å². The molecule has 1 heterocycles.